The molecule has 0 bridgehead atoms. The summed E-state index contributed by atoms with van der Waals surface area (Å²) in [6.45, 7) is 9.37. The van der Waals surface area contributed by atoms with E-state index in [1.807, 2.05) is 6.92 Å². The zero-order chi connectivity index (χ0) is 10.7. The van der Waals surface area contributed by atoms with Gasteiger partial charge in [0, 0.05) is 11.6 Å². The molecule has 1 aromatic rings. The summed E-state index contributed by atoms with van der Waals surface area (Å²) in [5.74, 6) is 0.431. The minimum atomic E-state index is -0.178. The molecule has 14 heavy (non-hydrogen) atoms. The Balaban J connectivity index is 3.37. The van der Waals surface area contributed by atoms with Gasteiger partial charge in [0.1, 0.15) is 5.76 Å². The maximum Gasteiger partial charge on any atom is 0.248 e. The second-order valence-corrected chi connectivity index (χ2v) is 3.02. The molecule has 0 aliphatic carbocycles. The third kappa shape index (κ3) is 1.93. The first-order chi connectivity index (χ1) is 6.56. The van der Waals surface area contributed by atoms with E-state index < -0.39 is 0 Å². The van der Waals surface area contributed by atoms with E-state index in [0.29, 0.717) is 11.5 Å². The van der Waals surface area contributed by atoms with Gasteiger partial charge in [-0.25, -0.2) is 0 Å². The van der Waals surface area contributed by atoms with Crippen molar-refractivity contribution in [3.8, 4) is 0 Å². The quantitative estimate of drug-likeness (QED) is 0.743. The van der Waals surface area contributed by atoms with Crippen LogP contribution in [0.4, 0.5) is 0 Å². The number of aromatic nitrogens is 1. The van der Waals surface area contributed by atoms with Crippen molar-refractivity contribution >= 4 is 11.3 Å². The molecule has 3 nitrogen and oxygen atoms in total. The molecule has 0 aliphatic heterocycles. The van der Waals surface area contributed by atoms with Gasteiger partial charge in [0.2, 0.25) is 5.56 Å². The zero-order valence-electron chi connectivity index (χ0n) is 8.39. The van der Waals surface area contributed by atoms with Crippen LogP contribution in [0, 0.1) is 0 Å². The molecule has 0 amide bonds. The van der Waals surface area contributed by atoms with E-state index in [1.165, 1.54) is 13.2 Å². The van der Waals surface area contributed by atoms with Gasteiger partial charge in [-0.3, -0.25) is 4.79 Å². The van der Waals surface area contributed by atoms with Gasteiger partial charge in [0.15, 0.2) is 0 Å². The molecule has 3 heteroatoms. The Hall–Kier alpha value is -1.77. The van der Waals surface area contributed by atoms with Gasteiger partial charge < -0.3 is 9.72 Å². The number of aromatic amines is 1. The molecule has 0 radical (unpaired) electrons. The van der Waals surface area contributed by atoms with Gasteiger partial charge in [-0.05, 0) is 18.6 Å². The molecule has 0 aromatic carbocycles. The van der Waals surface area contributed by atoms with Crippen molar-refractivity contribution < 1.29 is 4.74 Å². The number of H-pyrrole nitrogens is 1. The van der Waals surface area contributed by atoms with Gasteiger partial charge >= 0.3 is 0 Å². The van der Waals surface area contributed by atoms with Crippen molar-refractivity contribution in [3.63, 3.8) is 0 Å². The molecule has 0 saturated carbocycles. The van der Waals surface area contributed by atoms with Crippen molar-refractivity contribution in [3.05, 3.63) is 46.9 Å². The Morgan fingerprint density at radius 2 is 2.07 bits per heavy atom. The molecule has 0 saturated heterocycles. The maximum atomic E-state index is 11.1. The van der Waals surface area contributed by atoms with Crippen LogP contribution < -0.4 is 5.56 Å². The van der Waals surface area contributed by atoms with Gasteiger partial charge in [-0.2, -0.15) is 0 Å². The topological polar surface area (TPSA) is 42.1 Å². The van der Waals surface area contributed by atoms with E-state index in [1.54, 1.807) is 6.07 Å². The first kappa shape index (κ1) is 10.3. The fourth-order valence-electron chi connectivity index (χ4n) is 1.15. The first-order valence-electron chi connectivity index (χ1n) is 4.18. The summed E-state index contributed by atoms with van der Waals surface area (Å²) in [5.41, 5.74) is 2.11. The highest BCUT2D eigenvalue weighted by Crippen LogP contribution is 2.19. The lowest BCUT2D eigenvalue weighted by atomic mass is 10.1. The molecular weight excluding hydrogens is 178 g/mol. The van der Waals surface area contributed by atoms with Crippen LogP contribution in [0.25, 0.3) is 11.3 Å². The van der Waals surface area contributed by atoms with Gasteiger partial charge in [-0.15, -0.1) is 0 Å². The molecule has 0 spiro atoms. The summed E-state index contributed by atoms with van der Waals surface area (Å²) in [4.78, 5) is 13.8. The average Bonchev–Trinajstić information content (AvgIpc) is 2.16. The highest BCUT2D eigenvalue weighted by atomic mass is 16.5. The number of pyridine rings is 1. The molecule has 1 heterocycles. The van der Waals surface area contributed by atoms with Crippen LogP contribution in [0.5, 0.6) is 0 Å². The smallest absolute Gasteiger partial charge is 0.248 e. The van der Waals surface area contributed by atoms with Crippen molar-refractivity contribution in [1.82, 2.24) is 4.98 Å². The van der Waals surface area contributed by atoms with Crippen molar-refractivity contribution in [2.24, 2.45) is 0 Å². The summed E-state index contributed by atoms with van der Waals surface area (Å²) < 4.78 is 4.98. The Bertz CT molecular complexity index is 429. The second kappa shape index (κ2) is 3.96. The van der Waals surface area contributed by atoms with E-state index in [4.69, 9.17) is 4.74 Å². The van der Waals surface area contributed by atoms with Gasteiger partial charge in [0.25, 0.3) is 0 Å². The molecule has 1 rings (SSSR count). The van der Waals surface area contributed by atoms with Gasteiger partial charge in [0.05, 0.1) is 12.8 Å². The molecule has 1 N–H and O–H groups in total. The van der Waals surface area contributed by atoms with Crippen LogP contribution in [0.15, 0.2) is 30.1 Å². The lowest BCUT2D eigenvalue weighted by Gasteiger charge is -2.09. The number of rotatable bonds is 3. The molecule has 0 unspecified atom stereocenters. The van der Waals surface area contributed by atoms with E-state index in [0.717, 1.165) is 11.1 Å². The van der Waals surface area contributed by atoms with Crippen LogP contribution in [-0.4, -0.2) is 12.1 Å². The predicted molar refractivity (Wildman–Crippen MR) is 57.8 cm³/mol. The van der Waals surface area contributed by atoms with E-state index in [9.17, 15) is 4.79 Å². The number of hydrogen-bond acceptors (Lipinski definition) is 2. The van der Waals surface area contributed by atoms with Crippen molar-refractivity contribution in [2.75, 3.05) is 7.11 Å². The number of nitrogens with one attached hydrogen (secondary N) is 1. The van der Waals surface area contributed by atoms with Gasteiger partial charge in [-0.1, -0.05) is 13.2 Å². The summed E-state index contributed by atoms with van der Waals surface area (Å²) >= 11 is 0. The molecular formula is C11H13NO2. The largest absolute Gasteiger partial charge is 0.495 e. The van der Waals surface area contributed by atoms with E-state index >= 15 is 0 Å². The lowest BCUT2D eigenvalue weighted by molar-refractivity contribution is 0.369. The second-order valence-electron chi connectivity index (χ2n) is 3.02. The number of methoxy groups -OCH3 is 1. The number of allylic oxidation sites excluding steroid dienone is 1. The van der Waals surface area contributed by atoms with Crippen molar-refractivity contribution in [1.29, 1.82) is 0 Å². The van der Waals surface area contributed by atoms with Crippen LogP contribution in [0.1, 0.15) is 18.2 Å². The Labute approximate surface area is 82.7 Å². The molecule has 0 aliphatic rings. The summed E-state index contributed by atoms with van der Waals surface area (Å²) in [6.07, 6.45) is 0. The standard InChI is InChI=1S/C11H13NO2/c1-7(2)9-5-6-10(13)12-11(9)8(3)14-4/h5-6H,1,3H2,2,4H3,(H,12,13). The number of hydrogen-bond donors (Lipinski definition) is 1. The highest BCUT2D eigenvalue weighted by Gasteiger charge is 2.07. The third-order valence-corrected chi connectivity index (χ3v) is 1.90. The minimum absolute atomic E-state index is 0.178. The van der Waals surface area contributed by atoms with Crippen LogP contribution in [0.3, 0.4) is 0 Å². The summed E-state index contributed by atoms with van der Waals surface area (Å²) in [7, 11) is 1.51. The van der Waals surface area contributed by atoms with Crippen molar-refractivity contribution in [2.45, 2.75) is 6.92 Å². The SMILES string of the molecule is C=C(C)c1ccc(=O)[nH]c1C(=C)OC. The third-order valence-electron chi connectivity index (χ3n) is 1.90. The number of ether oxygens (including phenoxy) is 1. The minimum Gasteiger partial charge on any atom is -0.495 e. The summed E-state index contributed by atoms with van der Waals surface area (Å²) in [5, 5.41) is 0. The fraction of sp³-hybridized carbons (Fsp3) is 0.182. The fourth-order valence-corrected chi connectivity index (χ4v) is 1.15. The highest BCUT2D eigenvalue weighted by molar-refractivity contribution is 5.72. The molecule has 0 atom stereocenters. The first-order valence-corrected chi connectivity index (χ1v) is 4.18. The van der Waals surface area contributed by atoms with Crippen LogP contribution in [0.2, 0.25) is 0 Å². The monoisotopic (exact) mass is 191 g/mol. The van der Waals surface area contributed by atoms with Crippen LogP contribution in [-0.2, 0) is 4.74 Å². The van der Waals surface area contributed by atoms with E-state index in [2.05, 4.69) is 18.1 Å². The van der Waals surface area contributed by atoms with E-state index in [-0.39, 0.29) is 5.56 Å². The average molecular weight is 191 g/mol. The lowest BCUT2D eigenvalue weighted by Crippen LogP contribution is -2.09. The maximum absolute atomic E-state index is 11.1. The molecule has 74 valence electrons. The Kier molecular flexibility index (Phi) is 2.92. The molecule has 0 fully saturated rings. The normalized spacial score (nSPS) is 9.57. The summed E-state index contributed by atoms with van der Waals surface area (Å²) in [6, 6.07) is 3.16. The zero-order valence-corrected chi connectivity index (χ0v) is 8.39. The molecule has 1 aromatic heterocycles. The predicted octanol–water partition coefficient (Wildman–Crippen LogP) is 2.03. The van der Waals surface area contributed by atoms with Crippen LogP contribution >= 0.6 is 0 Å². The Morgan fingerprint density at radius 1 is 1.43 bits per heavy atom. The Morgan fingerprint density at radius 3 is 2.57 bits per heavy atom.